The van der Waals surface area contributed by atoms with E-state index in [2.05, 4.69) is 98.9 Å². The molecule has 0 aromatic rings. The van der Waals surface area contributed by atoms with Gasteiger partial charge in [-0.25, -0.2) is 4.57 Å². The standard InChI is InChI=1S/C83H152NO8P/c1-3-5-7-9-11-13-15-17-19-21-23-25-27-29-31-33-35-37-38-39-40-41-42-44-45-47-49-51-53-55-57-59-61-63-65-67-69-71-73-75-82(85)89-79-81(80-91-93(87,88)90-78-77-84)92-83(86)76-74-72-70-68-66-64-62-60-58-56-54-52-50-48-46-43-36-34-32-30-28-26-24-22-20-18-16-14-12-10-8-6-4-2/h6,8,12,14,18,20,24,26,30,32,36,43,48,50,81H,3-5,7,9-11,13,15-17,19,21-23,25,27-29,31,33-35,37-42,44-47,49,51-80,84H2,1-2H3,(H,87,88)/b8-6-,14-12-,20-18-,26-24-,32-30-,43-36-,50-48-. The molecule has 3 N–H and O–H groups in total. The molecule has 0 saturated heterocycles. The molecule has 0 aromatic carbocycles. The first kappa shape index (κ1) is 90.2. The van der Waals surface area contributed by atoms with Crippen molar-refractivity contribution in [2.75, 3.05) is 26.4 Å². The predicted molar refractivity (Wildman–Crippen MR) is 404 cm³/mol. The van der Waals surface area contributed by atoms with Crippen molar-refractivity contribution in [3.63, 3.8) is 0 Å². The summed E-state index contributed by atoms with van der Waals surface area (Å²) in [6.45, 7) is 3.69. The van der Waals surface area contributed by atoms with Gasteiger partial charge in [0.05, 0.1) is 13.2 Å². The zero-order valence-electron chi connectivity index (χ0n) is 61.2. The Bertz CT molecular complexity index is 1810. The Kier molecular flexibility index (Phi) is 75.8. The smallest absolute Gasteiger partial charge is 0.462 e. The molecule has 0 radical (unpaired) electrons. The molecule has 93 heavy (non-hydrogen) atoms. The highest BCUT2D eigenvalue weighted by molar-refractivity contribution is 7.47. The van der Waals surface area contributed by atoms with Gasteiger partial charge in [-0.1, -0.05) is 401 Å². The van der Waals surface area contributed by atoms with E-state index in [1.54, 1.807) is 0 Å². The topological polar surface area (TPSA) is 134 Å². The minimum atomic E-state index is -4.40. The molecule has 2 unspecified atom stereocenters. The summed E-state index contributed by atoms with van der Waals surface area (Å²) in [7, 11) is -4.40. The summed E-state index contributed by atoms with van der Waals surface area (Å²) >= 11 is 0. The molecule has 0 rings (SSSR count). The summed E-state index contributed by atoms with van der Waals surface area (Å²) in [5, 5.41) is 0. The summed E-state index contributed by atoms with van der Waals surface area (Å²) in [6.07, 6.45) is 106. The van der Waals surface area contributed by atoms with Gasteiger partial charge in [0.2, 0.25) is 0 Å². The summed E-state index contributed by atoms with van der Waals surface area (Å²) in [4.78, 5) is 35.5. The van der Waals surface area contributed by atoms with Crippen LogP contribution in [0, 0.1) is 0 Å². The van der Waals surface area contributed by atoms with Crippen molar-refractivity contribution < 1.29 is 37.6 Å². The zero-order chi connectivity index (χ0) is 67.2. The molecule has 0 amide bonds. The molecule has 0 aliphatic heterocycles. The Morgan fingerprint density at radius 2 is 0.591 bits per heavy atom. The second kappa shape index (κ2) is 78.2. The largest absolute Gasteiger partial charge is 0.472 e. The molecule has 0 spiro atoms. The fraction of sp³-hybridized carbons (Fsp3) is 0.807. The van der Waals surface area contributed by atoms with Crippen molar-refractivity contribution in [3.8, 4) is 0 Å². The number of esters is 2. The number of nitrogens with two attached hydrogens (primary N) is 1. The third kappa shape index (κ3) is 78.1. The van der Waals surface area contributed by atoms with Crippen LogP contribution in [0.4, 0.5) is 0 Å². The maximum absolute atomic E-state index is 12.8. The molecule has 10 heteroatoms. The average molecular weight is 1320 g/mol. The van der Waals surface area contributed by atoms with Crippen molar-refractivity contribution in [2.24, 2.45) is 5.73 Å². The molecule has 9 nitrogen and oxygen atoms in total. The van der Waals surface area contributed by atoms with E-state index in [4.69, 9.17) is 24.3 Å². The van der Waals surface area contributed by atoms with Crippen molar-refractivity contribution in [3.05, 3.63) is 85.1 Å². The highest BCUT2D eigenvalue weighted by Gasteiger charge is 2.26. The highest BCUT2D eigenvalue weighted by atomic mass is 31.2. The Balaban J connectivity index is 3.79. The van der Waals surface area contributed by atoms with Crippen molar-refractivity contribution in [1.82, 2.24) is 0 Å². The Morgan fingerprint density at radius 3 is 0.882 bits per heavy atom. The van der Waals surface area contributed by atoms with Crippen LogP contribution in [0.25, 0.3) is 0 Å². The van der Waals surface area contributed by atoms with Crippen LogP contribution in [0.2, 0.25) is 0 Å². The number of phosphoric acid groups is 1. The SMILES string of the molecule is CC/C=C\C/C=C\C/C=C\C/C=C\C/C=C\C/C=C\C/C=C\CCCCCCCCCCCCCC(=O)OC(COC(=O)CCCCCCCCCCCCCCCCCCCCCCCCCCCCCCCCCCCCCCCCC)COP(=O)(O)OCCN. The first-order valence-electron chi connectivity index (χ1n) is 40.1. The fourth-order valence-corrected chi connectivity index (χ4v) is 12.7. The van der Waals surface area contributed by atoms with Crippen LogP contribution < -0.4 is 5.73 Å². The Labute approximate surface area is 576 Å². The number of allylic oxidation sites excluding steroid dienone is 14. The minimum Gasteiger partial charge on any atom is -0.462 e. The van der Waals surface area contributed by atoms with Gasteiger partial charge in [0, 0.05) is 19.4 Å². The van der Waals surface area contributed by atoms with E-state index >= 15 is 0 Å². The normalized spacial score (nSPS) is 13.3. The first-order valence-corrected chi connectivity index (χ1v) is 41.6. The molecule has 2 atom stereocenters. The average Bonchev–Trinajstić information content (AvgIpc) is 3.32. The van der Waals surface area contributed by atoms with Gasteiger partial charge in [0.15, 0.2) is 6.10 Å². The van der Waals surface area contributed by atoms with Gasteiger partial charge in [-0.15, -0.1) is 0 Å². The van der Waals surface area contributed by atoms with E-state index in [1.807, 2.05) is 0 Å². The zero-order valence-corrected chi connectivity index (χ0v) is 62.1. The molecule has 0 heterocycles. The van der Waals surface area contributed by atoms with Crippen LogP contribution in [0.3, 0.4) is 0 Å². The number of hydrogen-bond donors (Lipinski definition) is 2. The molecule has 0 bridgehead atoms. The number of rotatable bonds is 76. The summed E-state index contributed by atoms with van der Waals surface area (Å²) in [5.74, 6) is -0.816. The first-order chi connectivity index (χ1) is 45.8. The lowest BCUT2D eigenvalue weighted by atomic mass is 10.0. The third-order valence-electron chi connectivity index (χ3n) is 17.8. The van der Waals surface area contributed by atoms with E-state index in [0.29, 0.717) is 6.42 Å². The molecular formula is C83H152NO8P. The van der Waals surface area contributed by atoms with Gasteiger partial charge in [0.1, 0.15) is 6.61 Å². The molecule has 0 saturated carbocycles. The van der Waals surface area contributed by atoms with Gasteiger partial charge in [-0.2, -0.15) is 0 Å². The van der Waals surface area contributed by atoms with Crippen molar-refractivity contribution in [1.29, 1.82) is 0 Å². The Hall–Kier alpha value is -2.81. The molecular weight excluding hydrogens is 1170 g/mol. The van der Waals surface area contributed by atoms with E-state index in [9.17, 15) is 19.0 Å². The van der Waals surface area contributed by atoms with Crippen LogP contribution in [0.1, 0.15) is 399 Å². The molecule has 0 fully saturated rings. The molecule has 0 aromatic heterocycles. The van der Waals surface area contributed by atoms with E-state index in [1.165, 1.54) is 276 Å². The highest BCUT2D eigenvalue weighted by Crippen LogP contribution is 2.43. The monoisotopic (exact) mass is 1320 g/mol. The van der Waals surface area contributed by atoms with Gasteiger partial charge in [-0.05, 0) is 70.6 Å². The van der Waals surface area contributed by atoms with Crippen LogP contribution in [0.15, 0.2) is 85.1 Å². The number of carbonyl (C=O) groups excluding carboxylic acids is 2. The van der Waals surface area contributed by atoms with E-state index < -0.39 is 26.5 Å². The predicted octanol–water partition coefficient (Wildman–Crippen LogP) is 26.9. The summed E-state index contributed by atoms with van der Waals surface area (Å²) < 4.78 is 33.3. The molecule has 0 aliphatic carbocycles. The molecule has 542 valence electrons. The second-order valence-corrected chi connectivity index (χ2v) is 28.4. The van der Waals surface area contributed by atoms with Gasteiger partial charge < -0.3 is 20.1 Å². The maximum atomic E-state index is 12.8. The van der Waals surface area contributed by atoms with Crippen molar-refractivity contribution in [2.45, 2.75) is 405 Å². The van der Waals surface area contributed by atoms with Gasteiger partial charge in [0.25, 0.3) is 0 Å². The molecule has 0 aliphatic rings. The number of carbonyl (C=O) groups is 2. The number of phosphoric ester groups is 1. The fourth-order valence-electron chi connectivity index (χ4n) is 11.9. The van der Waals surface area contributed by atoms with Crippen LogP contribution in [-0.2, 0) is 32.7 Å². The number of ether oxygens (including phenoxy) is 2. The van der Waals surface area contributed by atoms with E-state index in [0.717, 1.165) is 89.9 Å². The van der Waals surface area contributed by atoms with Crippen LogP contribution in [-0.4, -0.2) is 49.3 Å². The van der Waals surface area contributed by atoms with Gasteiger partial charge in [-0.3, -0.25) is 18.6 Å². The van der Waals surface area contributed by atoms with Crippen LogP contribution >= 0.6 is 7.82 Å². The van der Waals surface area contributed by atoms with Crippen LogP contribution in [0.5, 0.6) is 0 Å². The Morgan fingerprint density at radius 1 is 0.333 bits per heavy atom. The lowest BCUT2D eigenvalue weighted by molar-refractivity contribution is -0.161. The quantitative estimate of drug-likeness (QED) is 0.0264. The van der Waals surface area contributed by atoms with E-state index in [-0.39, 0.29) is 38.6 Å². The lowest BCUT2D eigenvalue weighted by Crippen LogP contribution is -2.29. The summed E-state index contributed by atoms with van der Waals surface area (Å²) in [6, 6.07) is 0. The summed E-state index contributed by atoms with van der Waals surface area (Å²) in [5.41, 5.74) is 5.41. The maximum Gasteiger partial charge on any atom is 0.472 e. The third-order valence-corrected chi connectivity index (χ3v) is 18.8. The second-order valence-electron chi connectivity index (χ2n) is 26.9. The minimum absolute atomic E-state index is 0.0516. The van der Waals surface area contributed by atoms with Gasteiger partial charge >= 0.3 is 19.8 Å². The number of unbranched alkanes of at least 4 members (excludes halogenated alkanes) is 49. The number of hydrogen-bond acceptors (Lipinski definition) is 8. The lowest BCUT2D eigenvalue weighted by Gasteiger charge is -2.19. The van der Waals surface area contributed by atoms with Crippen molar-refractivity contribution >= 4 is 19.8 Å².